The summed E-state index contributed by atoms with van der Waals surface area (Å²) in [6.45, 7) is 5.35. The standard InChI is InChI=1S/C14H27N5O/c1-5-15-12-10-13(18-14(17-12)11-20-4)16-8-6-7-9-19(2)3/h10H,5-9,11H2,1-4H3,(H2,15,16,17,18). The molecule has 0 bridgehead atoms. The van der Waals surface area contributed by atoms with E-state index >= 15 is 0 Å². The number of nitrogens with zero attached hydrogens (tertiary/aromatic N) is 3. The van der Waals surface area contributed by atoms with E-state index in [9.17, 15) is 0 Å². The third kappa shape index (κ3) is 6.68. The third-order valence-corrected chi connectivity index (χ3v) is 2.74. The van der Waals surface area contributed by atoms with Gasteiger partial charge in [0.05, 0.1) is 0 Å². The molecule has 1 heterocycles. The Bertz CT molecular complexity index is 360. The third-order valence-electron chi connectivity index (χ3n) is 2.74. The van der Waals surface area contributed by atoms with Crippen molar-refractivity contribution in [3.63, 3.8) is 0 Å². The van der Waals surface area contributed by atoms with Crippen LogP contribution in [-0.2, 0) is 11.3 Å². The molecule has 0 aromatic carbocycles. The van der Waals surface area contributed by atoms with Gasteiger partial charge in [-0.05, 0) is 40.4 Å². The van der Waals surface area contributed by atoms with E-state index in [1.54, 1.807) is 7.11 Å². The Kier molecular flexibility index (Phi) is 7.91. The Morgan fingerprint density at radius 1 is 1.15 bits per heavy atom. The Balaban J connectivity index is 2.50. The van der Waals surface area contributed by atoms with E-state index in [4.69, 9.17) is 4.74 Å². The van der Waals surface area contributed by atoms with E-state index in [0.717, 1.165) is 37.7 Å². The minimum absolute atomic E-state index is 0.425. The molecule has 0 spiro atoms. The Labute approximate surface area is 121 Å². The van der Waals surface area contributed by atoms with Crippen molar-refractivity contribution in [2.45, 2.75) is 26.4 Å². The first-order valence-electron chi connectivity index (χ1n) is 7.15. The van der Waals surface area contributed by atoms with Crippen LogP contribution in [0.15, 0.2) is 6.07 Å². The topological polar surface area (TPSA) is 62.3 Å². The van der Waals surface area contributed by atoms with Crippen LogP contribution in [0, 0.1) is 0 Å². The van der Waals surface area contributed by atoms with Crippen LogP contribution in [0.3, 0.4) is 0 Å². The summed E-state index contributed by atoms with van der Waals surface area (Å²) in [6, 6.07) is 1.94. The number of hydrogen-bond acceptors (Lipinski definition) is 6. The van der Waals surface area contributed by atoms with Gasteiger partial charge in [0.1, 0.15) is 18.2 Å². The zero-order valence-electron chi connectivity index (χ0n) is 13.1. The van der Waals surface area contributed by atoms with Crippen molar-refractivity contribution < 1.29 is 4.74 Å². The smallest absolute Gasteiger partial charge is 0.158 e. The SMILES string of the molecule is CCNc1cc(NCCCCN(C)C)nc(COC)n1. The van der Waals surface area contributed by atoms with Gasteiger partial charge in [-0.2, -0.15) is 0 Å². The molecule has 0 saturated heterocycles. The highest BCUT2D eigenvalue weighted by atomic mass is 16.5. The Hall–Kier alpha value is -1.40. The van der Waals surface area contributed by atoms with Crippen LogP contribution < -0.4 is 10.6 Å². The first kappa shape index (κ1) is 16.7. The second kappa shape index (κ2) is 9.50. The lowest BCUT2D eigenvalue weighted by Crippen LogP contribution is -2.14. The van der Waals surface area contributed by atoms with Crippen molar-refractivity contribution >= 4 is 11.6 Å². The van der Waals surface area contributed by atoms with Crippen LogP contribution in [0.5, 0.6) is 0 Å². The van der Waals surface area contributed by atoms with Gasteiger partial charge in [0.25, 0.3) is 0 Å². The fourth-order valence-corrected chi connectivity index (χ4v) is 1.82. The minimum Gasteiger partial charge on any atom is -0.377 e. The highest BCUT2D eigenvalue weighted by Crippen LogP contribution is 2.12. The number of unbranched alkanes of at least 4 members (excludes halogenated alkanes) is 1. The zero-order chi connectivity index (χ0) is 14.8. The van der Waals surface area contributed by atoms with Gasteiger partial charge >= 0.3 is 0 Å². The maximum Gasteiger partial charge on any atom is 0.158 e. The molecule has 20 heavy (non-hydrogen) atoms. The molecular formula is C14H27N5O. The molecule has 0 atom stereocenters. The lowest BCUT2D eigenvalue weighted by atomic mass is 10.3. The Morgan fingerprint density at radius 2 is 1.85 bits per heavy atom. The summed E-state index contributed by atoms with van der Waals surface area (Å²) >= 11 is 0. The molecule has 6 heteroatoms. The van der Waals surface area contributed by atoms with E-state index < -0.39 is 0 Å². The number of nitrogens with one attached hydrogen (secondary N) is 2. The summed E-state index contributed by atoms with van der Waals surface area (Å²) in [5.41, 5.74) is 0. The van der Waals surface area contributed by atoms with Crippen LogP contribution >= 0.6 is 0 Å². The lowest BCUT2D eigenvalue weighted by molar-refractivity contribution is 0.178. The maximum absolute atomic E-state index is 5.10. The van der Waals surface area contributed by atoms with Gasteiger partial charge in [-0.15, -0.1) is 0 Å². The molecule has 114 valence electrons. The molecule has 0 fully saturated rings. The molecular weight excluding hydrogens is 254 g/mol. The molecule has 1 aromatic rings. The van der Waals surface area contributed by atoms with Crippen LogP contribution in [0.25, 0.3) is 0 Å². The fourth-order valence-electron chi connectivity index (χ4n) is 1.82. The fraction of sp³-hybridized carbons (Fsp3) is 0.714. The van der Waals surface area contributed by atoms with Gasteiger partial charge in [0.15, 0.2) is 5.82 Å². The summed E-state index contributed by atoms with van der Waals surface area (Å²) in [5, 5.41) is 6.56. The number of rotatable bonds is 10. The Morgan fingerprint density at radius 3 is 2.45 bits per heavy atom. The number of aromatic nitrogens is 2. The molecule has 2 N–H and O–H groups in total. The van der Waals surface area contributed by atoms with Gasteiger partial charge in [0, 0.05) is 26.3 Å². The monoisotopic (exact) mass is 281 g/mol. The van der Waals surface area contributed by atoms with Crippen molar-refractivity contribution in [2.24, 2.45) is 0 Å². The molecule has 0 aliphatic heterocycles. The van der Waals surface area contributed by atoms with Crippen molar-refractivity contribution in [3.8, 4) is 0 Å². The first-order valence-corrected chi connectivity index (χ1v) is 7.15. The van der Waals surface area contributed by atoms with E-state index in [1.165, 1.54) is 6.42 Å². The van der Waals surface area contributed by atoms with Crippen LogP contribution in [-0.4, -0.2) is 55.7 Å². The molecule has 6 nitrogen and oxygen atoms in total. The zero-order valence-corrected chi connectivity index (χ0v) is 13.1. The van der Waals surface area contributed by atoms with E-state index in [2.05, 4.69) is 39.6 Å². The van der Waals surface area contributed by atoms with Crippen molar-refractivity contribution in [3.05, 3.63) is 11.9 Å². The highest BCUT2D eigenvalue weighted by Gasteiger charge is 2.04. The molecule has 0 unspecified atom stereocenters. The second-order valence-corrected chi connectivity index (χ2v) is 4.96. The molecule has 0 aliphatic carbocycles. The normalized spacial score (nSPS) is 10.8. The van der Waals surface area contributed by atoms with E-state index in [-0.39, 0.29) is 0 Å². The van der Waals surface area contributed by atoms with Gasteiger partial charge in [-0.1, -0.05) is 0 Å². The number of hydrogen-bond donors (Lipinski definition) is 2. The minimum atomic E-state index is 0.425. The van der Waals surface area contributed by atoms with Crippen molar-refractivity contribution in [1.29, 1.82) is 0 Å². The predicted octanol–water partition coefficient (Wildman–Crippen LogP) is 1.81. The lowest BCUT2D eigenvalue weighted by Gasteiger charge is -2.11. The number of ether oxygens (including phenoxy) is 1. The molecule has 1 rings (SSSR count). The van der Waals surface area contributed by atoms with Crippen LogP contribution in [0.4, 0.5) is 11.6 Å². The van der Waals surface area contributed by atoms with E-state index in [0.29, 0.717) is 12.4 Å². The summed E-state index contributed by atoms with van der Waals surface area (Å²) < 4.78 is 5.10. The summed E-state index contributed by atoms with van der Waals surface area (Å²) in [5.74, 6) is 2.39. The summed E-state index contributed by atoms with van der Waals surface area (Å²) in [7, 11) is 5.84. The van der Waals surface area contributed by atoms with Crippen LogP contribution in [0.1, 0.15) is 25.6 Å². The molecule has 0 radical (unpaired) electrons. The molecule has 0 aliphatic rings. The van der Waals surface area contributed by atoms with Crippen LogP contribution in [0.2, 0.25) is 0 Å². The average Bonchev–Trinajstić information content (AvgIpc) is 2.38. The highest BCUT2D eigenvalue weighted by molar-refractivity contribution is 5.47. The summed E-state index contributed by atoms with van der Waals surface area (Å²) in [4.78, 5) is 11.0. The van der Waals surface area contributed by atoms with Gasteiger partial charge < -0.3 is 20.3 Å². The van der Waals surface area contributed by atoms with Gasteiger partial charge in [-0.3, -0.25) is 0 Å². The quantitative estimate of drug-likeness (QED) is 0.638. The predicted molar refractivity (Wildman–Crippen MR) is 83.2 cm³/mol. The maximum atomic E-state index is 5.10. The average molecular weight is 281 g/mol. The summed E-state index contributed by atoms with van der Waals surface area (Å²) in [6.07, 6.45) is 2.30. The number of anilines is 2. The first-order chi connectivity index (χ1) is 9.65. The van der Waals surface area contributed by atoms with E-state index in [1.807, 2.05) is 13.0 Å². The van der Waals surface area contributed by atoms with Gasteiger partial charge in [-0.25, -0.2) is 9.97 Å². The van der Waals surface area contributed by atoms with Gasteiger partial charge in [0.2, 0.25) is 0 Å². The molecule has 0 amide bonds. The molecule has 0 saturated carbocycles. The second-order valence-electron chi connectivity index (χ2n) is 4.96. The number of methoxy groups -OCH3 is 1. The largest absolute Gasteiger partial charge is 0.377 e. The van der Waals surface area contributed by atoms with Crippen molar-refractivity contribution in [1.82, 2.24) is 14.9 Å². The molecule has 1 aromatic heterocycles. The van der Waals surface area contributed by atoms with Crippen molar-refractivity contribution in [2.75, 3.05) is 51.5 Å².